The SMILES string of the molecule is COc1cccc(OCC2=CCCNC2)c1.Cl. The van der Waals surface area contributed by atoms with E-state index < -0.39 is 0 Å². The van der Waals surface area contributed by atoms with Crippen LogP contribution in [0.15, 0.2) is 35.9 Å². The summed E-state index contributed by atoms with van der Waals surface area (Å²) in [7, 11) is 1.66. The van der Waals surface area contributed by atoms with E-state index in [0.29, 0.717) is 6.61 Å². The molecule has 1 N–H and O–H groups in total. The second-order valence-electron chi connectivity index (χ2n) is 3.80. The monoisotopic (exact) mass is 255 g/mol. The normalized spacial score (nSPS) is 14.5. The molecule has 1 aromatic carbocycles. The lowest BCUT2D eigenvalue weighted by Crippen LogP contribution is -2.24. The maximum atomic E-state index is 5.70. The lowest BCUT2D eigenvalue weighted by atomic mass is 10.2. The summed E-state index contributed by atoms with van der Waals surface area (Å²) in [6.45, 7) is 2.66. The highest BCUT2D eigenvalue weighted by Gasteiger charge is 2.03. The Kier molecular flexibility index (Phi) is 5.87. The maximum absolute atomic E-state index is 5.70. The van der Waals surface area contributed by atoms with E-state index in [2.05, 4.69) is 11.4 Å². The molecule has 0 atom stereocenters. The summed E-state index contributed by atoms with van der Waals surface area (Å²) in [6.07, 6.45) is 3.34. The van der Waals surface area contributed by atoms with Gasteiger partial charge in [-0.25, -0.2) is 0 Å². The van der Waals surface area contributed by atoms with Gasteiger partial charge in [0.15, 0.2) is 0 Å². The van der Waals surface area contributed by atoms with Crippen LogP contribution in [0.2, 0.25) is 0 Å². The molecule has 0 saturated heterocycles. The van der Waals surface area contributed by atoms with Crippen molar-refractivity contribution < 1.29 is 9.47 Å². The fourth-order valence-corrected chi connectivity index (χ4v) is 1.68. The van der Waals surface area contributed by atoms with E-state index in [-0.39, 0.29) is 12.4 Å². The highest BCUT2D eigenvalue weighted by Crippen LogP contribution is 2.19. The number of methoxy groups -OCH3 is 1. The van der Waals surface area contributed by atoms with Gasteiger partial charge in [0.05, 0.1) is 7.11 Å². The smallest absolute Gasteiger partial charge is 0.123 e. The quantitative estimate of drug-likeness (QED) is 0.839. The van der Waals surface area contributed by atoms with Crippen LogP contribution in [0.5, 0.6) is 11.5 Å². The van der Waals surface area contributed by atoms with E-state index in [1.165, 1.54) is 5.57 Å². The molecule has 3 nitrogen and oxygen atoms in total. The summed E-state index contributed by atoms with van der Waals surface area (Å²) in [6, 6.07) is 7.69. The molecule has 1 heterocycles. The van der Waals surface area contributed by atoms with Crippen molar-refractivity contribution in [3.05, 3.63) is 35.9 Å². The van der Waals surface area contributed by atoms with Crippen LogP contribution in [0.3, 0.4) is 0 Å². The fraction of sp³-hybridized carbons (Fsp3) is 0.385. The van der Waals surface area contributed by atoms with E-state index in [1.807, 2.05) is 24.3 Å². The van der Waals surface area contributed by atoms with E-state index >= 15 is 0 Å². The molecule has 17 heavy (non-hydrogen) atoms. The molecule has 4 heteroatoms. The van der Waals surface area contributed by atoms with Gasteiger partial charge in [-0.3, -0.25) is 0 Å². The van der Waals surface area contributed by atoms with Gasteiger partial charge in [0.25, 0.3) is 0 Å². The van der Waals surface area contributed by atoms with Crippen LogP contribution in [0.25, 0.3) is 0 Å². The zero-order valence-electron chi connectivity index (χ0n) is 9.94. The van der Waals surface area contributed by atoms with E-state index in [0.717, 1.165) is 31.0 Å². The van der Waals surface area contributed by atoms with Gasteiger partial charge in [0.1, 0.15) is 18.1 Å². The molecular weight excluding hydrogens is 238 g/mol. The Hall–Kier alpha value is -1.19. The van der Waals surface area contributed by atoms with Crippen LogP contribution in [0, 0.1) is 0 Å². The van der Waals surface area contributed by atoms with Crippen molar-refractivity contribution in [1.82, 2.24) is 5.32 Å². The standard InChI is InChI=1S/C13H17NO2.ClH/c1-15-12-5-2-6-13(8-12)16-10-11-4-3-7-14-9-11;/h2,4-6,8,14H,3,7,9-10H2,1H3;1H. The van der Waals surface area contributed by atoms with Crippen LogP contribution < -0.4 is 14.8 Å². The summed E-state index contributed by atoms with van der Waals surface area (Å²) >= 11 is 0. The molecule has 1 aliphatic rings. The Morgan fingerprint density at radius 3 is 2.82 bits per heavy atom. The molecule has 0 aliphatic carbocycles. The molecule has 1 aromatic rings. The average Bonchev–Trinajstić information content (AvgIpc) is 2.38. The fourth-order valence-electron chi connectivity index (χ4n) is 1.68. The predicted octanol–water partition coefficient (Wildman–Crippen LogP) is 2.42. The van der Waals surface area contributed by atoms with Gasteiger partial charge < -0.3 is 14.8 Å². The molecular formula is C13H18ClNO2. The minimum atomic E-state index is 0. The van der Waals surface area contributed by atoms with Crippen LogP contribution in [0.1, 0.15) is 6.42 Å². The molecule has 0 fully saturated rings. The predicted molar refractivity (Wildman–Crippen MR) is 71.3 cm³/mol. The topological polar surface area (TPSA) is 30.5 Å². The molecule has 0 saturated carbocycles. The summed E-state index contributed by atoms with van der Waals surface area (Å²) in [4.78, 5) is 0. The number of rotatable bonds is 4. The molecule has 0 radical (unpaired) electrons. The molecule has 1 aliphatic heterocycles. The second-order valence-corrected chi connectivity index (χ2v) is 3.80. The van der Waals surface area contributed by atoms with Crippen LogP contribution in [-0.4, -0.2) is 26.8 Å². The molecule has 0 amide bonds. The largest absolute Gasteiger partial charge is 0.497 e. The van der Waals surface area contributed by atoms with Crippen molar-refractivity contribution in [3.63, 3.8) is 0 Å². The molecule has 2 rings (SSSR count). The van der Waals surface area contributed by atoms with Crippen LogP contribution >= 0.6 is 12.4 Å². The Morgan fingerprint density at radius 1 is 1.29 bits per heavy atom. The maximum Gasteiger partial charge on any atom is 0.123 e. The first-order valence-corrected chi connectivity index (χ1v) is 5.54. The molecule has 0 aromatic heterocycles. The third-order valence-corrected chi connectivity index (χ3v) is 2.57. The van der Waals surface area contributed by atoms with Crippen LogP contribution in [-0.2, 0) is 0 Å². The minimum absolute atomic E-state index is 0. The highest BCUT2D eigenvalue weighted by molar-refractivity contribution is 5.85. The first-order valence-electron chi connectivity index (χ1n) is 5.54. The lowest BCUT2D eigenvalue weighted by Gasteiger charge is -2.15. The Balaban J connectivity index is 0.00000144. The summed E-state index contributed by atoms with van der Waals surface area (Å²) in [5, 5.41) is 3.32. The van der Waals surface area contributed by atoms with Crippen molar-refractivity contribution in [3.8, 4) is 11.5 Å². The molecule has 0 unspecified atom stereocenters. The first-order chi connectivity index (χ1) is 7.88. The lowest BCUT2D eigenvalue weighted by molar-refractivity contribution is 0.341. The van der Waals surface area contributed by atoms with Crippen molar-refractivity contribution in [2.75, 3.05) is 26.8 Å². The van der Waals surface area contributed by atoms with Gasteiger partial charge in [0, 0.05) is 12.6 Å². The molecule has 0 spiro atoms. The van der Waals surface area contributed by atoms with Crippen molar-refractivity contribution >= 4 is 12.4 Å². The number of nitrogens with one attached hydrogen (secondary N) is 1. The highest BCUT2D eigenvalue weighted by atomic mass is 35.5. The number of ether oxygens (including phenoxy) is 2. The molecule has 94 valence electrons. The number of hydrogen-bond acceptors (Lipinski definition) is 3. The summed E-state index contributed by atoms with van der Waals surface area (Å²) in [5.41, 5.74) is 1.31. The van der Waals surface area contributed by atoms with Crippen LogP contribution in [0.4, 0.5) is 0 Å². The van der Waals surface area contributed by atoms with Gasteiger partial charge in [-0.2, -0.15) is 0 Å². The second kappa shape index (κ2) is 7.20. The van der Waals surface area contributed by atoms with Crippen molar-refractivity contribution in [2.45, 2.75) is 6.42 Å². The van der Waals surface area contributed by atoms with E-state index in [1.54, 1.807) is 7.11 Å². The first kappa shape index (κ1) is 13.9. The minimum Gasteiger partial charge on any atom is -0.497 e. The third-order valence-electron chi connectivity index (χ3n) is 2.57. The van der Waals surface area contributed by atoms with E-state index in [9.17, 15) is 0 Å². The van der Waals surface area contributed by atoms with E-state index in [4.69, 9.17) is 9.47 Å². The molecule has 0 bridgehead atoms. The van der Waals surface area contributed by atoms with Crippen molar-refractivity contribution in [2.24, 2.45) is 0 Å². The van der Waals surface area contributed by atoms with Gasteiger partial charge >= 0.3 is 0 Å². The van der Waals surface area contributed by atoms with Gasteiger partial charge in [-0.1, -0.05) is 12.1 Å². The average molecular weight is 256 g/mol. The summed E-state index contributed by atoms with van der Waals surface area (Å²) < 4.78 is 10.8. The number of hydrogen-bond donors (Lipinski definition) is 1. The zero-order valence-corrected chi connectivity index (χ0v) is 10.8. The Bertz CT molecular complexity index is 379. The van der Waals surface area contributed by atoms with Crippen molar-refractivity contribution in [1.29, 1.82) is 0 Å². The van der Waals surface area contributed by atoms with Gasteiger partial charge in [-0.15, -0.1) is 12.4 Å². The van der Waals surface area contributed by atoms with Gasteiger partial charge in [-0.05, 0) is 30.7 Å². The number of benzene rings is 1. The Morgan fingerprint density at radius 2 is 2.12 bits per heavy atom. The third kappa shape index (κ3) is 4.29. The summed E-state index contributed by atoms with van der Waals surface area (Å²) in [5.74, 6) is 1.68. The number of halogens is 1. The van der Waals surface area contributed by atoms with Gasteiger partial charge in [0.2, 0.25) is 0 Å². The zero-order chi connectivity index (χ0) is 11.2. The Labute approximate surface area is 108 Å².